The van der Waals surface area contributed by atoms with E-state index in [4.69, 9.17) is 0 Å². The van der Waals surface area contributed by atoms with Gasteiger partial charge in [0.15, 0.2) is 0 Å². The molecule has 1 heterocycles. The maximum Gasteiger partial charge on any atom is 0.317 e. The number of esters is 2. The van der Waals surface area contributed by atoms with Crippen LogP contribution in [0.5, 0.6) is 0 Å². The number of unbranched alkanes of at least 4 members (excludes halogenated alkanes) is 8. The van der Waals surface area contributed by atoms with E-state index < -0.39 is 0 Å². The quantitative estimate of drug-likeness (QED) is 0.192. The summed E-state index contributed by atoms with van der Waals surface area (Å²) in [4.78, 5) is 22.2. The van der Waals surface area contributed by atoms with Crippen molar-refractivity contribution < 1.29 is 14.3 Å². The van der Waals surface area contributed by atoms with Gasteiger partial charge in [-0.3, -0.25) is 9.59 Å². The molecule has 1 rings (SSSR count). The lowest BCUT2D eigenvalue weighted by Gasteiger charge is -2.04. The Bertz CT molecular complexity index is 371. The second kappa shape index (κ2) is 12.3. The Balaban J connectivity index is 1.83. The van der Waals surface area contributed by atoms with Gasteiger partial charge in [-0.15, -0.1) is 0 Å². The third-order valence-electron chi connectivity index (χ3n) is 4.45. The van der Waals surface area contributed by atoms with Crippen LogP contribution in [0, 0.1) is 11.8 Å². The molecule has 1 aliphatic rings. The van der Waals surface area contributed by atoms with Gasteiger partial charge in [0.2, 0.25) is 0 Å². The van der Waals surface area contributed by atoms with Gasteiger partial charge < -0.3 is 4.74 Å². The van der Waals surface area contributed by atoms with Crippen molar-refractivity contribution in [1.29, 1.82) is 0 Å². The fourth-order valence-electron chi connectivity index (χ4n) is 2.96. The van der Waals surface area contributed by atoms with Crippen molar-refractivity contribution in [3.8, 4) is 0 Å². The second-order valence-corrected chi connectivity index (χ2v) is 7.20. The van der Waals surface area contributed by atoms with Crippen molar-refractivity contribution in [2.24, 2.45) is 11.8 Å². The predicted octanol–water partition coefficient (Wildman–Crippen LogP) is 5.58. The van der Waals surface area contributed by atoms with E-state index in [9.17, 15) is 9.59 Å². The summed E-state index contributed by atoms with van der Waals surface area (Å²) in [7, 11) is 0. The number of hydrogen-bond acceptors (Lipinski definition) is 3. The lowest BCUT2D eigenvalue weighted by atomic mass is 10.0. The van der Waals surface area contributed by atoms with Gasteiger partial charge in [0.1, 0.15) is 0 Å². The largest absolute Gasteiger partial charge is 0.393 e. The molecule has 1 aliphatic heterocycles. The molecule has 1 fully saturated rings. The molecule has 132 valence electrons. The predicted molar refractivity (Wildman–Crippen MR) is 94.0 cm³/mol. The van der Waals surface area contributed by atoms with Crippen LogP contribution in [0.15, 0.2) is 12.2 Å². The standard InChI is InChI=1S/C20H34O3/c1-17(2)14-12-10-8-6-4-3-5-7-9-11-13-15-18-16-19(21)23-20(18)22/h11,13,17-18H,3-10,12,14-16H2,1-2H3. The second-order valence-electron chi connectivity index (χ2n) is 7.20. The van der Waals surface area contributed by atoms with Crippen molar-refractivity contribution >= 4 is 11.9 Å². The Labute approximate surface area is 141 Å². The first-order chi connectivity index (χ1) is 11.1. The van der Waals surface area contributed by atoms with Crippen LogP contribution in [-0.4, -0.2) is 11.9 Å². The molecule has 0 saturated carbocycles. The number of allylic oxidation sites excluding steroid dienone is 2. The van der Waals surface area contributed by atoms with Crippen LogP contribution in [0.1, 0.15) is 90.9 Å². The summed E-state index contributed by atoms with van der Waals surface area (Å²) in [5.74, 6) is -0.122. The maximum atomic E-state index is 11.3. The van der Waals surface area contributed by atoms with E-state index in [-0.39, 0.29) is 24.3 Å². The Kier molecular flexibility index (Phi) is 10.7. The third-order valence-corrected chi connectivity index (χ3v) is 4.45. The first kappa shape index (κ1) is 19.9. The van der Waals surface area contributed by atoms with Gasteiger partial charge >= 0.3 is 11.9 Å². The summed E-state index contributed by atoms with van der Waals surface area (Å²) in [5, 5.41) is 0. The highest BCUT2D eigenvalue weighted by atomic mass is 16.6. The van der Waals surface area contributed by atoms with Gasteiger partial charge in [-0.05, 0) is 25.2 Å². The highest BCUT2D eigenvalue weighted by molar-refractivity contribution is 5.94. The molecular formula is C20H34O3. The molecule has 3 heteroatoms. The molecule has 1 atom stereocenters. The van der Waals surface area contributed by atoms with Crippen LogP contribution >= 0.6 is 0 Å². The summed E-state index contributed by atoms with van der Waals surface area (Å²) in [6.45, 7) is 4.60. The van der Waals surface area contributed by atoms with E-state index in [1.54, 1.807) is 0 Å². The number of cyclic esters (lactones) is 2. The summed E-state index contributed by atoms with van der Waals surface area (Å²) in [6, 6.07) is 0. The number of rotatable bonds is 13. The molecule has 1 saturated heterocycles. The Morgan fingerprint density at radius 2 is 1.57 bits per heavy atom. The van der Waals surface area contributed by atoms with Gasteiger partial charge in [-0.2, -0.15) is 0 Å². The van der Waals surface area contributed by atoms with Crippen LogP contribution in [0.25, 0.3) is 0 Å². The molecule has 0 aromatic heterocycles. The molecule has 0 bridgehead atoms. The molecular weight excluding hydrogens is 288 g/mol. The van der Waals surface area contributed by atoms with Gasteiger partial charge in [0.25, 0.3) is 0 Å². The van der Waals surface area contributed by atoms with Crippen molar-refractivity contribution in [3.63, 3.8) is 0 Å². The highest BCUT2D eigenvalue weighted by Crippen LogP contribution is 2.20. The fraction of sp³-hybridized carbons (Fsp3) is 0.800. The van der Waals surface area contributed by atoms with Gasteiger partial charge in [-0.1, -0.05) is 77.4 Å². The maximum absolute atomic E-state index is 11.3. The van der Waals surface area contributed by atoms with Crippen LogP contribution < -0.4 is 0 Å². The van der Waals surface area contributed by atoms with Crippen molar-refractivity contribution in [2.45, 2.75) is 90.9 Å². The average molecular weight is 322 g/mol. The smallest absolute Gasteiger partial charge is 0.317 e. The monoisotopic (exact) mass is 322 g/mol. The lowest BCUT2D eigenvalue weighted by Crippen LogP contribution is -2.05. The Hall–Kier alpha value is -1.12. The highest BCUT2D eigenvalue weighted by Gasteiger charge is 2.31. The third kappa shape index (κ3) is 10.3. The van der Waals surface area contributed by atoms with Crippen LogP contribution in [-0.2, 0) is 14.3 Å². The molecule has 0 radical (unpaired) electrons. The Morgan fingerprint density at radius 1 is 0.957 bits per heavy atom. The van der Waals surface area contributed by atoms with Crippen molar-refractivity contribution in [2.75, 3.05) is 0 Å². The number of ether oxygens (including phenoxy) is 1. The minimum Gasteiger partial charge on any atom is -0.393 e. The molecule has 0 aromatic carbocycles. The molecule has 0 aromatic rings. The van der Waals surface area contributed by atoms with Crippen molar-refractivity contribution in [1.82, 2.24) is 0 Å². The number of carbonyl (C=O) groups is 2. The summed E-state index contributed by atoms with van der Waals surface area (Å²) < 4.78 is 4.53. The summed E-state index contributed by atoms with van der Waals surface area (Å²) in [5.41, 5.74) is 0. The zero-order chi connectivity index (χ0) is 16.9. The molecule has 0 aliphatic carbocycles. The topological polar surface area (TPSA) is 43.4 Å². The lowest BCUT2D eigenvalue weighted by molar-refractivity contribution is -0.153. The van der Waals surface area contributed by atoms with Crippen molar-refractivity contribution in [3.05, 3.63) is 12.2 Å². The SMILES string of the molecule is CC(C)CCCCCCCCCCC=CCC1CC(=O)OC1=O. The fourth-order valence-corrected chi connectivity index (χ4v) is 2.96. The van der Waals surface area contributed by atoms with Crippen LogP contribution in [0.2, 0.25) is 0 Å². The molecule has 0 spiro atoms. The first-order valence-electron chi connectivity index (χ1n) is 9.49. The molecule has 23 heavy (non-hydrogen) atoms. The molecule has 0 amide bonds. The zero-order valence-electron chi connectivity index (χ0n) is 15.0. The van der Waals surface area contributed by atoms with E-state index in [2.05, 4.69) is 24.7 Å². The Morgan fingerprint density at radius 3 is 2.13 bits per heavy atom. The van der Waals surface area contributed by atoms with Gasteiger partial charge in [-0.25, -0.2) is 0 Å². The van der Waals surface area contributed by atoms with E-state index in [1.165, 1.54) is 57.8 Å². The van der Waals surface area contributed by atoms with Crippen LogP contribution in [0.4, 0.5) is 0 Å². The normalized spacial score (nSPS) is 18.3. The van der Waals surface area contributed by atoms with Gasteiger partial charge in [0, 0.05) is 0 Å². The summed E-state index contributed by atoms with van der Waals surface area (Å²) >= 11 is 0. The van der Waals surface area contributed by atoms with E-state index in [0.29, 0.717) is 6.42 Å². The summed E-state index contributed by atoms with van der Waals surface area (Å²) in [6.07, 6.45) is 18.3. The molecule has 0 N–H and O–H groups in total. The molecule has 3 nitrogen and oxygen atoms in total. The molecule has 1 unspecified atom stereocenters. The first-order valence-corrected chi connectivity index (χ1v) is 9.49. The number of carbonyl (C=O) groups excluding carboxylic acids is 2. The van der Waals surface area contributed by atoms with Gasteiger partial charge in [0.05, 0.1) is 12.3 Å². The van der Waals surface area contributed by atoms with E-state index >= 15 is 0 Å². The minimum absolute atomic E-state index is 0.241. The van der Waals surface area contributed by atoms with E-state index in [1.807, 2.05) is 6.08 Å². The zero-order valence-corrected chi connectivity index (χ0v) is 15.0. The minimum atomic E-state index is -0.377. The van der Waals surface area contributed by atoms with E-state index in [0.717, 1.165) is 12.3 Å². The number of hydrogen-bond donors (Lipinski definition) is 0. The average Bonchev–Trinajstić information content (AvgIpc) is 2.81. The van der Waals surface area contributed by atoms with Crippen LogP contribution in [0.3, 0.4) is 0 Å².